The fourth-order valence-electron chi connectivity index (χ4n) is 1.60. The van der Waals surface area contributed by atoms with Crippen molar-refractivity contribution in [1.82, 2.24) is 5.32 Å². The smallest absolute Gasteiger partial charge is 0.233 e. The molecule has 0 aromatic heterocycles. The van der Waals surface area contributed by atoms with Crippen molar-refractivity contribution in [1.29, 1.82) is 0 Å². The molecule has 1 aliphatic rings. The Balaban J connectivity index is 2.29. The molecular weight excluding hydrogens is 234 g/mol. The van der Waals surface area contributed by atoms with E-state index in [0.29, 0.717) is 6.54 Å². The Bertz CT molecular complexity index is 188. The van der Waals surface area contributed by atoms with Crippen molar-refractivity contribution in [3.05, 3.63) is 0 Å². The van der Waals surface area contributed by atoms with Crippen LogP contribution < -0.4 is 5.32 Å². The lowest BCUT2D eigenvalue weighted by molar-refractivity contribution is -0.121. The molecule has 0 aromatic carbocycles. The van der Waals surface area contributed by atoms with E-state index in [0.717, 1.165) is 25.7 Å². The minimum absolute atomic E-state index is 0.0553. The first kappa shape index (κ1) is 11.0. The monoisotopic (exact) mass is 249 g/mol. The molecule has 13 heavy (non-hydrogen) atoms. The summed E-state index contributed by atoms with van der Waals surface area (Å²) in [7, 11) is 0. The molecule has 1 aliphatic carbocycles. The van der Waals surface area contributed by atoms with E-state index in [2.05, 4.69) is 21.2 Å². The van der Waals surface area contributed by atoms with Crippen LogP contribution >= 0.6 is 15.9 Å². The van der Waals surface area contributed by atoms with Gasteiger partial charge in [-0.15, -0.1) is 0 Å². The van der Waals surface area contributed by atoms with Crippen LogP contribution in [-0.4, -0.2) is 28.0 Å². The highest BCUT2D eigenvalue weighted by atomic mass is 79.9. The van der Waals surface area contributed by atoms with E-state index >= 15 is 0 Å². The molecule has 2 N–H and O–H groups in total. The highest BCUT2D eigenvalue weighted by molar-refractivity contribution is 9.10. The summed E-state index contributed by atoms with van der Waals surface area (Å²) in [5.41, 5.74) is -0.641. The lowest BCUT2D eigenvalue weighted by atomic mass is 10.0. The molecule has 76 valence electrons. The molecule has 3 nitrogen and oxygen atoms in total. The van der Waals surface area contributed by atoms with Gasteiger partial charge in [0.15, 0.2) is 0 Å². The third kappa shape index (κ3) is 3.27. The second-order valence-corrected chi connectivity index (χ2v) is 5.14. The topological polar surface area (TPSA) is 49.3 Å². The van der Waals surface area contributed by atoms with Gasteiger partial charge in [0.2, 0.25) is 5.91 Å². The maximum absolute atomic E-state index is 11.2. The van der Waals surface area contributed by atoms with E-state index < -0.39 is 5.60 Å². The summed E-state index contributed by atoms with van der Waals surface area (Å²) in [5, 5.41) is 12.6. The largest absolute Gasteiger partial charge is 0.388 e. The van der Waals surface area contributed by atoms with E-state index in [-0.39, 0.29) is 10.7 Å². The van der Waals surface area contributed by atoms with Crippen molar-refractivity contribution in [3.8, 4) is 0 Å². The number of nitrogens with one attached hydrogen (secondary N) is 1. The van der Waals surface area contributed by atoms with Crippen LogP contribution in [0.25, 0.3) is 0 Å². The number of carbonyl (C=O) groups is 1. The first-order valence-corrected chi connectivity index (χ1v) is 5.59. The second kappa shape index (κ2) is 4.42. The van der Waals surface area contributed by atoms with Crippen molar-refractivity contribution >= 4 is 21.8 Å². The molecule has 0 aliphatic heterocycles. The summed E-state index contributed by atoms with van der Waals surface area (Å²) < 4.78 is 0. The normalized spacial score (nSPS) is 22.7. The molecule has 1 amide bonds. The zero-order valence-corrected chi connectivity index (χ0v) is 9.43. The van der Waals surface area contributed by atoms with Gasteiger partial charge in [-0.05, 0) is 19.8 Å². The molecule has 1 unspecified atom stereocenters. The first-order valence-electron chi connectivity index (χ1n) is 4.68. The van der Waals surface area contributed by atoms with Gasteiger partial charge in [0.1, 0.15) is 0 Å². The first-order chi connectivity index (χ1) is 6.03. The summed E-state index contributed by atoms with van der Waals surface area (Å²) in [6.45, 7) is 2.16. The van der Waals surface area contributed by atoms with Crippen LogP contribution in [-0.2, 0) is 4.79 Å². The zero-order chi connectivity index (χ0) is 9.90. The third-order valence-corrected chi connectivity index (χ3v) is 2.90. The Kier molecular flexibility index (Phi) is 3.74. The van der Waals surface area contributed by atoms with Gasteiger partial charge in [-0.25, -0.2) is 0 Å². The highest BCUT2D eigenvalue weighted by Gasteiger charge is 2.31. The Morgan fingerprint density at radius 2 is 2.15 bits per heavy atom. The number of hydrogen-bond acceptors (Lipinski definition) is 2. The molecule has 0 radical (unpaired) electrons. The van der Waals surface area contributed by atoms with Gasteiger partial charge < -0.3 is 10.4 Å². The molecule has 0 spiro atoms. The van der Waals surface area contributed by atoms with Crippen LogP contribution in [0.2, 0.25) is 0 Å². The lowest BCUT2D eigenvalue weighted by Gasteiger charge is -2.22. The van der Waals surface area contributed by atoms with Crippen LogP contribution in [0.3, 0.4) is 0 Å². The van der Waals surface area contributed by atoms with Gasteiger partial charge in [-0.1, -0.05) is 28.8 Å². The van der Waals surface area contributed by atoms with Crippen molar-refractivity contribution < 1.29 is 9.90 Å². The van der Waals surface area contributed by atoms with Crippen LogP contribution in [0, 0.1) is 0 Å². The van der Waals surface area contributed by atoms with Crippen molar-refractivity contribution in [2.75, 3.05) is 6.54 Å². The minimum Gasteiger partial charge on any atom is -0.388 e. The number of hydrogen-bond donors (Lipinski definition) is 2. The SMILES string of the molecule is CC(Br)C(=O)NCC1(O)CCCC1. The van der Waals surface area contributed by atoms with Gasteiger partial charge in [0.05, 0.1) is 10.4 Å². The summed E-state index contributed by atoms with van der Waals surface area (Å²) in [4.78, 5) is 11.0. The number of halogens is 1. The number of aliphatic hydroxyl groups is 1. The second-order valence-electron chi connectivity index (χ2n) is 3.77. The summed E-state index contributed by atoms with van der Waals surface area (Å²) >= 11 is 3.17. The van der Waals surface area contributed by atoms with E-state index in [1.807, 2.05) is 0 Å². The van der Waals surface area contributed by atoms with Gasteiger partial charge in [-0.2, -0.15) is 0 Å². The Hall–Kier alpha value is -0.0900. The molecular formula is C9H16BrNO2. The molecule has 0 aromatic rings. The number of rotatable bonds is 3. The van der Waals surface area contributed by atoms with Gasteiger partial charge in [-0.3, -0.25) is 4.79 Å². The van der Waals surface area contributed by atoms with Crippen LogP contribution in [0.15, 0.2) is 0 Å². The molecule has 1 rings (SSSR count). The van der Waals surface area contributed by atoms with Crippen molar-refractivity contribution in [2.45, 2.75) is 43.0 Å². The average Bonchev–Trinajstić information content (AvgIpc) is 2.48. The minimum atomic E-state index is -0.641. The van der Waals surface area contributed by atoms with E-state index in [9.17, 15) is 9.90 Å². The van der Waals surface area contributed by atoms with Crippen molar-refractivity contribution in [3.63, 3.8) is 0 Å². The highest BCUT2D eigenvalue weighted by Crippen LogP contribution is 2.28. The molecule has 0 saturated heterocycles. The maximum atomic E-state index is 11.2. The summed E-state index contributed by atoms with van der Waals surface area (Å²) in [5.74, 6) is -0.0553. The molecule has 0 bridgehead atoms. The van der Waals surface area contributed by atoms with Crippen molar-refractivity contribution in [2.24, 2.45) is 0 Å². The predicted molar refractivity (Wildman–Crippen MR) is 54.8 cm³/mol. The number of carbonyl (C=O) groups excluding carboxylic acids is 1. The standard InChI is InChI=1S/C9H16BrNO2/c1-7(10)8(12)11-6-9(13)4-2-3-5-9/h7,13H,2-6H2,1H3,(H,11,12). The fourth-order valence-corrected chi connectivity index (χ4v) is 1.76. The van der Waals surface area contributed by atoms with Gasteiger partial charge >= 0.3 is 0 Å². The number of alkyl halides is 1. The molecule has 0 heterocycles. The Morgan fingerprint density at radius 3 is 2.62 bits per heavy atom. The zero-order valence-electron chi connectivity index (χ0n) is 7.85. The van der Waals surface area contributed by atoms with Gasteiger partial charge in [0.25, 0.3) is 0 Å². The van der Waals surface area contributed by atoms with E-state index in [1.54, 1.807) is 6.92 Å². The molecule has 4 heteroatoms. The van der Waals surface area contributed by atoms with Crippen LogP contribution in [0.5, 0.6) is 0 Å². The van der Waals surface area contributed by atoms with E-state index in [1.165, 1.54) is 0 Å². The summed E-state index contributed by atoms with van der Waals surface area (Å²) in [6.07, 6.45) is 3.75. The van der Waals surface area contributed by atoms with Gasteiger partial charge in [0, 0.05) is 6.54 Å². The molecule has 1 saturated carbocycles. The molecule has 1 atom stereocenters. The Morgan fingerprint density at radius 1 is 1.62 bits per heavy atom. The summed E-state index contributed by atoms with van der Waals surface area (Å²) in [6, 6.07) is 0. The fraction of sp³-hybridized carbons (Fsp3) is 0.889. The quantitative estimate of drug-likeness (QED) is 0.739. The third-order valence-electron chi connectivity index (χ3n) is 2.49. The lowest BCUT2D eigenvalue weighted by Crippen LogP contribution is -2.42. The maximum Gasteiger partial charge on any atom is 0.233 e. The molecule has 1 fully saturated rings. The van der Waals surface area contributed by atoms with E-state index in [4.69, 9.17) is 0 Å². The average molecular weight is 250 g/mol. The van der Waals surface area contributed by atoms with Crippen LogP contribution in [0.4, 0.5) is 0 Å². The predicted octanol–water partition coefficient (Wildman–Crippen LogP) is 1.19. The van der Waals surface area contributed by atoms with Crippen LogP contribution in [0.1, 0.15) is 32.6 Å². The Labute approximate surface area is 87.0 Å². The number of amides is 1.